The van der Waals surface area contributed by atoms with E-state index in [2.05, 4.69) is 24.3 Å². The van der Waals surface area contributed by atoms with Crippen LogP contribution < -0.4 is 18.9 Å². The fraction of sp³-hybridized carbons (Fsp3) is 0.500. The van der Waals surface area contributed by atoms with Gasteiger partial charge in [0.1, 0.15) is 0 Å². The third kappa shape index (κ3) is 3.40. The minimum Gasteiger partial charge on any atom is -0.682 e. The summed E-state index contributed by atoms with van der Waals surface area (Å²) in [7, 11) is 0. The topological polar surface area (TPSA) is 14.1 Å². The number of hydrogen-bond acceptors (Lipinski definition) is 0. The molecule has 0 aliphatic heterocycles. The fourth-order valence-corrected chi connectivity index (χ4v) is 1.94. The summed E-state index contributed by atoms with van der Waals surface area (Å²) in [6.45, 7) is 0. The maximum absolute atomic E-state index is 4.72. The Morgan fingerprint density at radius 3 is 2.21 bits per heavy atom. The van der Waals surface area contributed by atoms with Gasteiger partial charge in [-0.3, -0.25) is 0 Å². The van der Waals surface area contributed by atoms with Crippen molar-refractivity contribution < 1.29 is 18.9 Å². The Hall–Kier alpha value is -0.383. The van der Waals surface area contributed by atoms with Crippen LogP contribution in [0.15, 0.2) is 30.3 Å². The molecule has 0 bridgehead atoms. The molecule has 2 heteroatoms. The van der Waals surface area contributed by atoms with Gasteiger partial charge in [0.2, 0.25) is 0 Å². The monoisotopic (exact) mass is 181 g/mol. The van der Waals surface area contributed by atoms with Crippen LogP contribution in [0.5, 0.6) is 0 Å². The molecule has 0 N–H and O–H groups in total. The van der Waals surface area contributed by atoms with Crippen molar-refractivity contribution in [3.8, 4) is 0 Å². The second kappa shape index (κ2) is 6.17. The van der Waals surface area contributed by atoms with Crippen molar-refractivity contribution in [1.82, 2.24) is 0 Å². The largest absolute Gasteiger partial charge is 1.00 e. The molecule has 0 heterocycles. The Bertz CT molecular complexity index is 242. The van der Waals surface area contributed by atoms with E-state index in [4.69, 9.17) is 5.32 Å². The third-order valence-corrected chi connectivity index (χ3v) is 2.66. The summed E-state index contributed by atoms with van der Waals surface area (Å²) in [6, 6.07) is 10.9. The molecule has 0 aromatic heterocycles. The first-order valence-corrected chi connectivity index (χ1v) is 5.21. The normalized spacial score (nSPS) is 17.1. The van der Waals surface area contributed by atoms with Crippen LogP contribution in [0.25, 0.3) is 5.32 Å². The zero-order valence-corrected chi connectivity index (χ0v) is 8.95. The predicted octanol–water partition coefficient (Wildman–Crippen LogP) is 1.03. The first-order chi connectivity index (χ1) is 6.45. The van der Waals surface area contributed by atoms with E-state index in [0.29, 0.717) is 6.04 Å². The zero-order valence-electron chi connectivity index (χ0n) is 8.95. The molecular weight excluding hydrogens is 165 g/mol. The zero-order chi connectivity index (χ0) is 8.93. The van der Waals surface area contributed by atoms with Crippen molar-refractivity contribution in [1.29, 1.82) is 0 Å². The minimum absolute atomic E-state index is 0. The summed E-state index contributed by atoms with van der Waals surface area (Å²) in [5.41, 5.74) is 1.15. The summed E-state index contributed by atoms with van der Waals surface area (Å²) in [5, 5.41) is 4.72. The van der Waals surface area contributed by atoms with E-state index in [0.717, 1.165) is 5.69 Å². The van der Waals surface area contributed by atoms with E-state index in [1.54, 1.807) is 0 Å². The molecule has 1 fully saturated rings. The Morgan fingerprint density at radius 2 is 1.57 bits per heavy atom. The van der Waals surface area contributed by atoms with Gasteiger partial charge in [0, 0.05) is 0 Å². The molecule has 0 spiro atoms. The molecule has 1 nitrogen and oxygen atoms in total. The second-order valence-corrected chi connectivity index (χ2v) is 3.76. The van der Waals surface area contributed by atoms with E-state index in [1.807, 2.05) is 6.07 Å². The minimum atomic E-state index is 0. The van der Waals surface area contributed by atoms with Crippen molar-refractivity contribution in [3.63, 3.8) is 0 Å². The van der Waals surface area contributed by atoms with Gasteiger partial charge in [-0.1, -0.05) is 62.4 Å². The molecule has 14 heavy (non-hydrogen) atoms. The fourth-order valence-electron chi connectivity index (χ4n) is 1.94. The predicted molar refractivity (Wildman–Crippen MR) is 56.3 cm³/mol. The van der Waals surface area contributed by atoms with Gasteiger partial charge in [0.25, 0.3) is 0 Å². The van der Waals surface area contributed by atoms with Crippen LogP contribution in [0, 0.1) is 0 Å². The molecule has 70 valence electrons. The van der Waals surface area contributed by atoms with Gasteiger partial charge in [-0.25, -0.2) is 0 Å². The summed E-state index contributed by atoms with van der Waals surface area (Å²) < 4.78 is 0. The molecule has 1 aliphatic carbocycles. The molecule has 0 atom stereocenters. The van der Waals surface area contributed by atoms with Gasteiger partial charge in [-0.05, 0) is 0 Å². The van der Waals surface area contributed by atoms with Gasteiger partial charge in [-0.15, -0.1) is 11.7 Å². The smallest absolute Gasteiger partial charge is 0.682 e. The van der Waals surface area contributed by atoms with Crippen LogP contribution in [0.4, 0.5) is 5.69 Å². The van der Waals surface area contributed by atoms with Gasteiger partial charge < -0.3 is 5.32 Å². The molecule has 1 saturated carbocycles. The van der Waals surface area contributed by atoms with E-state index >= 15 is 0 Å². The number of nitrogens with zero attached hydrogens (tertiary/aromatic N) is 1. The van der Waals surface area contributed by atoms with Crippen LogP contribution in [-0.2, 0) is 0 Å². The average Bonchev–Trinajstić information content (AvgIpc) is 2.21. The van der Waals surface area contributed by atoms with Crippen LogP contribution >= 0.6 is 0 Å². The van der Waals surface area contributed by atoms with E-state index in [-0.39, 0.29) is 18.9 Å². The van der Waals surface area contributed by atoms with E-state index in [9.17, 15) is 0 Å². The van der Waals surface area contributed by atoms with Crippen molar-refractivity contribution in [2.24, 2.45) is 0 Å². The molecule has 1 aromatic carbocycles. The molecule has 1 aromatic rings. The molecule has 0 radical (unpaired) electrons. The Kier molecular flexibility index (Phi) is 5.15. The number of hydrogen-bond donors (Lipinski definition) is 0. The van der Waals surface area contributed by atoms with Crippen LogP contribution in [0.1, 0.15) is 32.1 Å². The SMILES string of the molecule is [Li+].c1ccc([N-]C2CCCCC2)cc1. The molecule has 0 amide bonds. The maximum atomic E-state index is 4.72. The van der Waals surface area contributed by atoms with Crippen LogP contribution in [0.2, 0.25) is 0 Å². The second-order valence-electron chi connectivity index (χ2n) is 3.76. The molecule has 2 rings (SSSR count). The van der Waals surface area contributed by atoms with Crippen LogP contribution in [0.3, 0.4) is 0 Å². The van der Waals surface area contributed by atoms with Crippen molar-refractivity contribution in [2.75, 3.05) is 0 Å². The Labute approximate surface area is 98.5 Å². The van der Waals surface area contributed by atoms with Crippen molar-refractivity contribution in [2.45, 2.75) is 38.1 Å². The summed E-state index contributed by atoms with van der Waals surface area (Å²) in [5.74, 6) is 0. The maximum Gasteiger partial charge on any atom is 1.00 e. The Balaban J connectivity index is 0.000000980. The number of rotatable bonds is 2. The molecule has 0 saturated heterocycles. The van der Waals surface area contributed by atoms with Crippen molar-refractivity contribution >= 4 is 5.69 Å². The number of benzene rings is 1. The first-order valence-electron chi connectivity index (χ1n) is 5.21. The van der Waals surface area contributed by atoms with Crippen LogP contribution in [-0.4, -0.2) is 6.04 Å². The summed E-state index contributed by atoms with van der Waals surface area (Å²) in [4.78, 5) is 0. The van der Waals surface area contributed by atoms with E-state index in [1.165, 1.54) is 32.1 Å². The third-order valence-electron chi connectivity index (χ3n) is 2.66. The molecule has 0 unspecified atom stereocenters. The quantitative estimate of drug-likeness (QED) is 0.605. The van der Waals surface area contributed by atoms with Gasteiger partial charge in [-0.2, -0.15) is 0 Å². The summed E-state index contributed by atoms with van der Waals surface area (Å²) >= 11 is 0. The standard InChI is InChI=1S/C12H16N.Li/c1-3-7-11(8-4-1)13-12-9-5-2-6-10-12;/h1,3-4,7-8,12H,2,5-6,9-10H2;/q-1;+1. The van der Waals surface area contributed by atoms with Gasteiger partial charge in [0.05, 0.1) is 0 Å². The Morgan fingerprint density at radius 1 is 0.929 bits per heavy atom. The molecule has 1 aliphatic rings. The van der Waals surface area contributed by atoms with Gasteiger partial charge in [0.15, 0.2) is 0 Å². The average molecular weight is 181 g/mol. The summed E-state index contributed by atoms with van der Waals surface area (Å²) in [6.07, 6.45) is 6.70. The van der Waals surface area contributed by atoms with Gasteiger partial charge >= 0.3 is 18.9 Å². The van der Waals surface area contributed by atoms with Crippen molar-refractivity contribution in [3.05, 3.63) is 35.6 Å². The molecular formula is C12H16LiN. The first kappa shape index (κ1) is 11.7. The number of para-hydroxylation sites is 1. The van der Waals surface area contributed by atoms with E-state index < -0.39 is 0 Å².